The largest absolute Gasteiger partial charge is 0.497 e. The fraction of sp³-hybridized carbons (Fsp3) is 0.174. The van der Waals surface area contributed by atoms with Crippen molar-refractivity contribution in [1.82, 2.24) is 4.57 Å². The van der Waals surface area contributed by atoms with E-state index in [1.54, 1.807) is 19.1 Å². The van der Waals surface area contributed by atoms with Crippen molar-refractivity contribution >= 4 is 11.6 Å². The van der Waals surface area contributed by atoms with Gasteiger partial charge in [-0.15, -0.1) is 6.42 Å². The quantitative estimate of drug-likeness (QED) is 0.528. The molecule has 0 N–H and O–H groups in total. The molecule has 2 aromatic carbocycles. The van der Waals surface area contributed by atoms with Gasteiger partial charge in [0.05, 0.1) is 30.5 Å². The highest BCUT2D eigenvalue weighted by Gasteiger charge is 2.23. The van der Waals surface area contributed by atoms with E-state index in [4.69, 9.17) is 27.5 Å². The van der Waals surface area contributed by atoms with Crippen molar-refractivity contribution in [3.63, 3.8) is 0 Å². The van der Waals surface area contributed by atoms with E-state index in [1.807, 2.05) is 0 Å². The molecule has 1 heterocycles. The third-order valence-electron chi connectivity index (χ3n) is 4.70. The van der Waals surface area contributed by atoms with Gasteiger partial charge in [-0.3, -0.25) is 4.79 Å². The van der Waals surface area contributed by atoms with Crippen LogP contribution in [0.2, 0.25) is 5.02 Å². The highest BCUT2D eigenvalue weighted by molar-refractivity contribution is 6.35. The Morgan fingerprint density at radius 1 is 1.07 bits per heavy atom. The maximum Gasteiger partial charge on any atom is 0.251 e. The second kappa shape index (κ2) is 8.60. The zero-order valence-electron chi connectivity index (χ0n) is 16.6. The lowest BCUT2D eigenvalue weighted by Crippen LogP contribution is -2.21. The molecular weight excluding hydrogens is 412 g/mol. The summed E-state index contributed by atoms with van der Waals surface area (Å²) in [6.07, 6.45) is 5.28. The minimum Gasteiger partial charge on any atom is -0.497 e. The number of aromatic nitrogens is 1. The van der Waals surface area contributed by atoms with E-state index in [0.717, 1.165) is 12.1 Å². The Morgan fingerprint density at radius 3 is 2.27 bits per heavy atom. The van der Waals surface area contributed by atoms with Crippen LogP contribution in [0.5, 0.6) is 11.5 Å². The molecule has 0 saturated heterocycles. The molecule has 3 rings (SSSR count). The highest BCUT2D eigenvalue weighted by Crippen LogP contribution is 2.43. The topological polar surface area (TPSA) is 40.5 Å². The fourth-order valence-corrected chi connectivity index (χ4v) is 3.59. The van der Waals surface area contributed by atoms with Gasteiger partial charge in [-0.1, -0.05) is 17.5 Å². The van der Waals surface area contributed by atoms with Crippen LogP contribution in [-0.4, -0.2) is 18.8 Å². The second-order valence-electron chi connectivity index (χ2n) is 6.33. The Hall–Kier alpha value is -3.30. The summed E-state index contributed by atoms with van der Waals surface area (Å²) in [5.74, 6) is 1.18. The summed E-state index contributed by atoms with van der Waals surface area (Å²) in [5.41, 5.74) is 0.0387. The molecule has 30 heavy (non-hydrogen) atoms. The van der Waals surface area contributed by atoms with Crippen molar-refractivity contribution in [3.05, 3.63) is 69.0 Å². The first-order valence-corrected chi connectivity index (χ1v) is 9.35. The number of methoxy groups -OCH3 is 2. The van der Waals surface area contributed by atoms with Crippen molar-refractivity contribution < 1.29 is 18.3 Å². The van der Waals surface area contributed by atoms with Gasteiger partial charge in [0, 0.05) is 35.4 Å². The average molecular weight is 430 g/mol. The third kappa shape index (κ3) is 3.64. The predicted molar refractivity (Wildman–Crippen MR) is 113 cm³/mol. The maximum atomic E-state index is 15.0. The van der Waals surface area contributed by atoms with Crippen LogP contribution in [0.25, 0.3) is 22.4 Å². The molecule has 154 valence electrons. The molecule has 0 unspecified atom stereocenters. The summed E-state index contributed by atoms with van der Waals surface area (Å²) in [6.45, 7) is 1.88. The van der Waals surface area contributed by atoms with Crippen LogP contribution in [0.15, 0.2) is 41.2 Å². The molecule has 0 aliphatic rings. The molecule has 0 aliphatic carbocycles. The third-order valence-corrected chi connectivity index (χ3v) is 5.09. The Labute approximate surface area is 177 Å². The van der Waals surface area contributed by atoms with Gasteiger partial charge in [0.15, 0.2) is 0 Å². The first kappa shape index (κ1) is 21.4. The van der Waals surface area contributed by atoms with Gasteiger partial charge < -0.3 is 14.0 Å². The summed E-state index contributed by atoms with van der Waals surface area (Å²) < 4.78 is 41.8. The van der Waals surface area contributed by atoms with Crippen molar-refractivity contribution in [3.8, 4) is 46.2 Å². The van der Waals surface area contributed by atoms with E-state index in [-0.39, 0.29) is 28.4 Å². The van der Waals surface area contributed by atoms with Crippen LogP contribution in [0.1, 0.15) is 12.5 Å². The zero-order chi connectivity index (χ0) is 22.0. The number of pyridine rings is 1. The van der Waals surface area contributed by atoms with Gasteiger partial charge in [-0.25, -0.2) is 8.78 Å². The Kier molecular flexibility index (Phi) is 6.14. The number of hydrogen-bond donors (Lipinski definition) is 0. The number of halogens is 3. The molecule has 0 fully saturated rings. The lowest BCUT2D eigenvalue weighted by Gasteiger charge is -2.19. The van der Waals surface area contributed by atoms with E-state index in [1.165, 1.54) is 30.9 Å². The molecule has 0 amide bonds. The van der Waals surface area contributed by atoms with Crippen LogP contribution in [0.3, 0.4) is 0 Å². The Balaban J connectivity index is 2.48. The summed E-state index contributed by atoms with van der Waals surface area (Å²) in [4.78, 5) is 12.5. The summed E-state index contributed by atoms with van der Waals surface area (Å²) >= 11 is 6.51. The van der Waals surface area contributed by atoms with E-state index in [2.05, 4.69) is 5.92 Å². The average Bonchev–Trinajstić information content (AvgIpc) is 2.73. The van der Waals surface area contributed by atoms with Crippen molar-refractivity contribution in [2.24, 2.45) is 0 Å². The molecular formula is C23H18ClF2NO3. The first-order chi connectivity index (χ1) is 14.4. The number of nitrogens with zero attached hydrogens (tertiary/aromatic N) is 1. The minimum absolute atomic E-state index is 0.0424. The van der Waals surface area contributed by atoms with E-state index in [0.29, 0.717) is 22.6 Å². The van der Waals surface area contributed by atoms with E-state index >= 15 is 0 Å². The summed E-state index contributed by atoms with van der Waals surface area (Å²) in [5, 5.41) is 0.210. The lowest BCUT2D eigenvalue weighted by molar-refractivity contribution is 0.395. The number of ether oxygens (including phenoxy) is 2. The molecule has 0 bridgehead atoms. The fourth-order valence-electron chi connectivity index (χ4n) is 3.30. The molecule has 0 spiro atoms. The second-order valence-corrected chi connectivity index (χ2v) is 6.71. The Bertz CT molecular complexity index is 1210. The smallest absolute Gasteiger partial charge is 0.251 e. The van der Waals surface area contributed by atoms with E-state index < -0.39 is 17.2 Å². The molecule has 0 saturated carbocycles. The normalized spacial score (nSPS) is 10.6. The lowest BCUT2D eigenvalue weighted by atomic mass is 9.96. The molecule has 3 aromatic rings. The molecule has 1 aromatic heterocycles. The highest BCUT2D eigenvalue weighted by atomic mass is 35.5. The molecule has 0 atom stereocenters. The van der Waals surface area contributed by atoms with Gasteiger partial charge in [0.2, 0.25) is 0 Å². The number of hydrogen-bond acceptors (Lipinski definition) is 3. The van der Waals surface area contributed by atoms with Crippen LogP contribution in [0.4, 0.5) is 8.78 Å². The SMILES string of the molecule is C#Cc1cc(F)c(-c2c(-c3cc(OC)cc(OC)c3Cl)ccc(=O)n2CC)c(F)c1. The van der Waals surface area contributed by atoms with Crippen molar-refractivity contribution in [2.45, 2.75) is 13.5 Å². The van der Waals surface area contributed by atoms with Gasteiger partial charge in [0.1, 0.15) is 23.1 Å². The number of benzene rings is 2. The van der Waals surface area contributed by atoms with Crippen LogP contribution >= 0.6 is 11.6 Å². The van der Waals surface area contributed by atoms with Crippen LogP contribution in [0, 0.1) is 24.0 Å². The summed E-state index contributed by atoms with van der Waals surface area (Å²) in [6, 6.07) is 8.08. The van der Waals surface area contributed by atoms with Gasteiger partial charge >= 0.3 is 0 Å². The monoisotopic (exact) mass is 429 g/mol. The molecule has 0 aliphatic heterocycles. The molecule has 0 radical (unpaired) electrons. The van der Waals surface area contributed by atoms with Crippen LogP contribution in [-0.2, 0) is 6.54 Å². The predicted octanol–water partition coefficient (Wildman–Crippen LogP) is 5.13. The van der Waals surface area contributed by atoms with Crippen molar-refractivity contribution in [2.75, 3.05) is 14.2 Å². The zero-order valence-corrected chi connectivity index (χ0v) is 17.3. The van der Waals surface area contributed by atoms with Gasteiger partial charge in [-0.05, 0) is 31.2 Å². The van der Waals surface area contributed by atoms with Crippen LogP contribution < -0.4 is 15.0 Å². The molecule has 7 heteroatoms. The Morgan fingerprint density at radius 2 is 1.73 bits per heavy atom. The maximum absolute atomic E-state index is 15.0. The standard InChI is InChI=1S/C23H18ClF2NO3/c1-5-13-9-17(25)21(18(26)10-13)23-15(7-8-20(28)27(23)6-2)16-11-14(29-3)12-19(30-4)22(16)24/h1,7-12H,6H2,2-4H3. The number of rotatable bonds is 5. The molecule has 4 nitrogen and oxygen atoms in total. The van der Waals surface area contributed by atoms with Crippen molar-refractivity contribution in [1.29, 1.82) is 0 Å². The first-order valence-electron chi connectivity index (χ1n) is 8.98. The minimum atomic E-state index is -0.886. The number of terminal acetylenes is 1. The summed E-state index contributed by atoms with van der Waals surface area (Å²) in [7, 11) is 2.91. The van der Waals surface area contributed by atoms with E-state index in [9.17, 15) is 13.6 Å². The van der Waals surface area contributed by atoms with Gasteiger partial charge in [0.25, 0.3) is 5.56 Å². The van der Waals surface area contributed by atoms with Gasteiger partial charge in [-0.2, -0.15) is 0 Å².